The second kappa shape index (κ2) is 8.88. The fraction of sp³-hybridized carbons (Fsp3) is 0.130. The molecule has 0 amide bonds. The Bertz CT molecular complexity index is 1370. The Morgan fingerprint density at radius 2 is 1.78 bits per heavy atom. The van der Waals surface area contributed by atoms with E-state index < -0.39 is 17.2 Å². The Morgan fingerprint density at radius 1 is 1.03 bits per heavy atom. The smallest absolute Gasteiger partial charge is 0.278 e. The van der Waals surface area contributed by atoms with Crippen molar-refractivity contribution in [3.8, 4) is 16.9 Å². The first-order chi connectivity index (χ1) is 15.3. The van der Waals surface area contributed by atoms with Crippen molar-refractivity contribution in [3.63, 3.8) is 0 Å². The molecule has 9 heteroatoms. The predicted molar refractivity (Wildman–Crippen MR) is 118 cm³/mol. The molecule has 1 N–H and O–H groups in total. The number of nitrogens with zero attached hydrogens (tertiary/aromatic N) is 3. The molecule has 162 valence electrons. The van der Waals surface area contributed by atoms with E-state index in [1.807, 2.05) is 54.8 Å². The molecular weight excluding hydrogens is 434 g/mol. The van der Waals surface area contributed by atoms with Gasteiger partial charge < -0.3 is 4.57 Å². The molecule has 2 heterocycles. The number of para-hydroxylation sites is 1. The van der Waals surface area contributed by atoms with E-state index in [1.165, 1.54) is 6.07 Å². The summed E-state index contributed by atoms with van der Waals surface area (Å²) >= 11 is 1.04. The van der Waals surface area contributed by atoms with Crippen LogP contribution < -0.4 is 5.56 Å². The van der Waals surface area contributed by atoms with Crippen molar-refractivity contribution < 1.29 is 13.6 Å². The van der Waals surface area contributed by atoms with E-state index in [0.717, 1.165) is 41.0 Å². The summed E-state index contributed by atoms with van der Waals surface area (Å²) in [5.74, 6) is -2.16. The second-order valence-corrected chi connectivity index (χ2v) is 8.07. The third-order valence-corrected chi connectivity index (χ3v) is 5.82. The molecule has 0 spiro atoms. The zero-order chi connectivity index (χ0) is 22.8. The molecule has 0 saturated carbocycles. The summed E-state index contributed by atoms with van der Waals surface area (Å²) in [5, 5.41) is 7.90. The second-order valence-electron chi connectivity index (χ2n) is 7.10. The van der Waals surface area contributed by atoms with Crippen molar-refractivity contribution in [2.45, 2.75) is 19.0 Å². The average Bonchev–Trinajstić information content (AvgIpc) is 3.08. The molecule has 0 saturated heterocycles. The van der Waals surface area contributed by atoms with Gasteiger partial charge in [-0.15, -0.1) is 10.2 Å². The highest BCUT2D eigenvalue weighted by Gasteiger charge is 2.18. The highest BCUT2D eigenvalue weighted by molar-refractivity contribution is 7.99. The minimum Gasteiger partial charge on any atom is -0.318 e. The molecule has 4 rings (SSSR count). The molecule has 0 aliphatic carbocycles. The van der Waals surface area contributed by atoms with Gasteiger partial charge in [0, 0.05) is 28.2 Å². The number of Topliss-reactive ketones (excluding diaryl/α,β-unsaturated/α-hetero) is 1. The minimum absolute atomic E-state index is 0.0498. The zero-order valence-electron chi connectivity index (χ0n) is 17.2. The van der Waals surface area contributed by atoms with Crippen molar-refractivity contribution in [2.24, 2.45) is 0 Å². The van der Waals surface area contributed by atoms with E-state index in [2.05, 4.69) is 15.2 Å². The number of rotatable bonds is 6. The van der Waals surface area contributed by atoms with Crippen LogP contribution in [0.25, 0.3) is 16.9 Å². The summed E-state index contributed by atoms with van der Waals surface area (Å²) in [7, 11) is 0. The average molecular weight is 452 g/mol. The lowest BCUT2D eigenvalue weighted by molar-refractivity contribution is 0.102. The van der Waals surface area contributed by atoms with E-state index in [4.69, 9.17) is 0 Å². The van der Waals surface area contributed by atoms with Gasteiger partial charge in [-0.2, -0.15) is 0 Å². The molecule has 0 radical (unpaired) electrons. The normalized spacial score (nSPS) is 11.0. The first-order valence-corrected chi connectivity index (χ1v) is 10.7. The monoisotopic (exact) mass is 452 g/mol. The molecule has 0 fully saturated rings. The first-order valence-electron chi connectivity index (χ1n) is 9.68. The van der Waals surface area contributed by atoms with Crippen LogP contribution in [0.15, 0.2) is 64.5 Å². The number of aryl methyl sites for hydroxylation is 1. The third kappa shape index (κ3) is 4.24. The Kier molecular flexibility index (Phi) is 6.00. The Morgan fingerprint density at radius 3 is 2.47 bits per heavy atom. The number of aromatic nitrogens is 4. The summed E-state index contributed by atoms with van der Waals surface area (Å²) in [6, 6.07) is 14.6. The van der Waals surface area contributed by atoms with Gasteiger partial charge in [-0.3, -0.25) is 14.6 Å². The predicted octanol–water partition coefficient (Wildman–Crippen LogP) is 4.49. The lowest BCUT2D eigenvalue weighted by Crippen LogP contribution is -2.15. The largest absolute Gasteiger partial charge is 0.318 e. The number of aromatic amines is 1. The van der Waals surface area contributed by atoms with E-state index >= 15 is 0 Å². The Labute approximate surface area is 186 Å². The van der Waals surface area contributed by atoms with Gasteiger partial charge in [-0.25, -0.2) is 8.78 Å². The molecule has 6 nitrogen and oxygen atoms in total. The van der Waals surface area contributed by atoms with Crippen LogP contribution in [0.3, 0.4) is 0 Å². The van der Waals surface area contributed by atoms with Gasteiger partial charge in [0.1, 0.15) is 0 Å². The van der Waals surface area contributed by atoms with Crippen molar-refractivity contribution in [1.29, 1.82) is 0 Å². The van der Waals surface area contributed by atoms with Crippen LogP contribution in [0.5, 0.6) is 0 Å². The third-order valence-electron chi connectivity index (χ3n) is 4.96. The number of halogens is 2. The summed E-state index contributed by atoms with van der Waals surface area (Å²) in [6.07, 6.45) is 0. The first kappa shape index (κ1) is 21.6. The van der Waals surface area contributed by atoms with Crippen LogP contribution in [-0.4, -0.2) is 31.3 Å². The van der Waals surface area contributed by atoms with Crippen LogP contribution in [0.1, 0.15) is 21.7 Å². The van der Waals surface area contributed by atoms with E-state index in [1.54, 1.807) is 0 Å². The van der Waals surface area contributed by atoms with Crippen LogP contribution in [0.4, 0.5) is 8.78 Å². The standard InChI is InChI=1S/C23H18F2N4O2S/c1-13-10-17(14(2)29(13)16-6-4-3-5-7-16)20(30)12-32-23-26-22(31)21(27-28-23)15-8-9-18(24)19(25)11-15/h3-11H,12H2,1-2H3,(H,26,28,31). The topological polar surface area (TPSA) is 80.6 Å². The highest BCUT2D eigenvalue weighted by Crippen LogP contribution is 2.23. The lowest BCUT2D eigenvalue weighted by atomic mass is 10.1. The molecule has 0 aliphatic heterocycles. The van der Waals surface area contributed by atoms with E-state index in [9.17, 15) is 18.4 Å². The fourth-order valence-corrected chi connectivity index (χ4v) is 4.14. The van der Waals surface area contributed by atoms with Gasteiger partial charge in [0.05, 0.1) is 5.75 Å². The van der Waals surface area contributed by atoms with Gasteiger partial charge >= 0.3 is 0 Å². The minimum atomic E-state index is -1.08. The van der Waals surface area contributed by atoms with Crippen LogP contribution >= 0.6 is 11.8 Å². The van der Waals surface area contributed by atoms with Gasteiger partial charge in [0.25, 0.3) is 5.56 Å². The lowest BCUT2D eigenvalue weighted by Gasteiger charge is -2.09. The fourth-order valence-electron chi connectivity index (χ4n) is 3.45. The molecule has 0 aliphatic rings. The number of benzene rings is 2. The summed E-state index contributed by atoms with van der Waals surface area (Å²) in [5.41, 5.74) is 2.69. The molecule has 4 aromatic rings. The molecule has 0 atom stereocenters. The van der Waals surface area contributed by atoms with Gasteiger partial charge in [0.15, 0.2) is 28.3 Å². The molecule has 2 aromatic carbocycles. The number of carbonyl (C=O) groups is 1. The van der Waals surface area contributed by atoms with Gasteiger partial charge in [-0.1, -0.05) is 30.0 Å². The Hall–Kier alpha value is -3.59. The number of ketones is 1. The number of hydrogen-bond donors (Lipinski definition) is 1. The molecule has 2 aromatic heterocycles. The summed E-state index contributed by atoms with van der Waals surface area (Å²) in [6.45, 7) is 3.82. The van der Waals surface area contributed by atoms with Crippen LogP contribution in [0.2, 0.25) is 0 Å². The van der Waals surface area contributed by atoms with Crippen molar-refractivity contribution >= 4 is 17.5 Å². The SMILES string of the molecule is Cc1cc(C(=O)CSc2nnc(-c3ccc(F)c(F)c3)c(=O)[nH]2)c(C)n1-c1ccccc1. The van der Waals surface area contributed by atoms with Gasteiger partial charge in [-0.05, 0) is 50.2 Å². The zero-order valence-corrected chi connectivity index (χ0v) is 18.0. The number of H-pyrrole nitrogens is 1. The maximum atomic E-state index is 13.4. The quantitative estimate of drug-likeness (QED) is 0.344. The molecule has 0 bridgehead atoms. The van der Waals surface area contributed by atoms with Crippen molar-refractivity contribution in [3.05, 3.63) is 93.5 Å². The van der Waals surface area contributed by atoms with Gasteiger partial charge in [0.2, 0.25) is 0 Å². The highest BCUT2D eigenvalue weighted by atomic mass is 32.2. The molecule has 0 unspecified atom stereocenters. The maximum absolute atomic E-state index is 13.4. The van der Waals surface area contributed by atoms with Crippen LogP contribution in [-0.2, 0) is 0 Å². The van der Waals surface area contributed by atoms with E-state index in [0.29, 0.717) is 5.56 Å². The molecular formula is C23H18F2N4O2S. The number of nitrogens with one attached hydrogen (secondary N) is 1. The summed E-state index contributed by atoms with van der Waals surface area (Å²) < 4.78 is 28.6. The molecule has 32 heavy (non-hydrogen) atoms. The number of hydrogen-bond acceptors (Lipinski definition) is 5. The number of thioether (sulfide) groups is 1. The van der Waals surface area contributed by atoms with Crippen molar-refractivity contribution in [1.82, 2.24) is 19.7 Å². The maximum Gasteiger partial charge on any atom is 0.278 e. The van der Waals surface area contributed by atoms with E-state index in [-0.39, 0.29) is 27.9 Å². The van der Waals surface area contributed by atoms with Crippen molar-refractivity contribution in [2.75, 3.05) is 5.75 Å². The number of carbonyl (C=O) groups excluding carboxylic acids is 1. The van der Waals surface area contributed by atoms with Crippen LogP contribution in [0, 0.1) is 25.5 Å². The summed E-state index contributed by atoms with van der Waals surface area (Å²) in [4.78, 5) is 27.7. The Balaban J connectivity index is 1.51.